The van der Waals surface area contributed by atoms with Gasteiger partial charge in [-0.15, -0.1) is 0 Å². The van der Waals surface area contributed by atoms with E-state index in [1.54, 1.807) is 6.26 Å². The number of hydrogen-bond donors (Lipinski definition) is 1. The lowest BCUT2D eigenvalue weighted by molar-refractivity contribution is -0.143. The molecule has 3 aromatic carbocycles. The number of amides is 1. The van der Waals surface area contributed by atoms with Crippen LogP contribution in [-0.2, 0) is 38.6 Å². The molecule has 2 heterocycles. The zero-order chi connectivity index (χ0) is 25.6. The Morgan fingerprint density at radius 2 is 1.73 bits per heavy atom. The smallest absolute Gasteiger partial charge is 0.411 e. The molecule has 8 nitrogen and oxygen atoms in total. The molecule has 2 aliphatic rings. The monoisotopic (exact) mass is 501 g/mol. The first kappa shape index (κ1) is 24.2. The van der Waals surface area contributed by atoms with Gasteiger partial charge in [-0.1, -0.05) is 66.7 Å². The molecule has 0 saturated heterocycles. The lowest BCUT2D eigenvalue weighted by Gasteiger charge is -2.33. The number of carboxylic acid groups (broad SMARTS) is 1. The molecule has 37 heavy (non-hydrogen) atoms. The van der Waals surface area contributed by atoms with Crippen molar-refractivity contribution in [1.82, 2.24) is 4.90 Å². The number of rotatable bonds is 8. The van der Waals surface area contributed by atoms with Crippen molar-refractivity contribution in [3.8, 4) is 5.75 Å². The van der Waals surface area contributed by atoms with Crippen molar-refractivity contribution in [2.45, 2.75) is 38.3 Å². The van der Waals surface area contributed by atoms with Crippen LogP contribution in [0.1, 0.15) is 35.0 Å². The molecule has 0 bridgehead atoms. The summed E-state index contributed by atoms with van der Waals surface area (Å²) in [6.07, 6.45) is 1.23. The van der Waals surface area contributed by atoms with Gasteiger partial charge in [0, 0.05) is 18.4 Å². The number of hydrogen-bond acceptors (Lipinski definition) is 6. The first-order valence-electron chi connectivity index (χ1n) is 12.1. The van der Waals surface area contributed by atoms with E-state index in [0.29, 0.717) is 24.5 Å². The second-order valence-electron chi connectivity index (χ2n) is 8.84. The Kier molecular flexibility index (Phi) is 7.26. The molecular formula is C29H27NO7. The SMILES string of the molecule is O=C(O)C1Cc2ccc(OCCC3=COC(c4ccccc4)O3)cc2CN1C(=O)OCc1ccccc1. The van der Waals surface area contributed by atoms with Gasteiger partial charge in [0.15, 0.2) is 0 Å². The molecule has 0 radical (unpaired) electrons. The first-order valence-corrected chi connectivity index (χ1v) is 12.1. The van der Waals surface area contributed by atoms with Crippen LogP contribution in [0.15, 0.2) is 90.9 Å². The number of benzene rings is 3. The van der Waals surface area contributed by atoms with Crippen molar-refractivity contribution in [3.63, 3.8) is 0 Å². The summed E-state index contributed by atoms with van der Waals surface area (Å²) < 4.78 is 22.8. The molecule has 8 heteroatoms. The summed E-state index contributed by atoms with van der Waals surface area (Å²) in [5.41, 5.74) is 3.47. The molecule has 1 N–H and O–H groups in total. The van der Waals surface area contributed by atoms with E-state index in [1.165, 1.54) is 4.90 Å². The summed E-state index contributed by atoms with van der Waals surface area (Å²) in [5, 5.41) is 9.73. The van der Waals surface area contributed by atoms with Crippen molar-refractivity contribution in [2.24, 2.45) is 0 Å². The Bertz CT molecular complexity index is 1280. The number of nitrogens with zero attached hydrogens (tertiary/aromatic N) is 1. The van der Waals surface area contributed by atoms with Gasteiger partial charge in [-0.25, -0.2) is 9.59 Å². The lowest BCUT2D eigenvalue weighted by Crippen LogP contribution is -2.48. The summed E-state index contributed by atoms with van der Waals surface area (Å²) in [4.78, 5) is 26.0. The largest absolute Gasteiger partial charge is 0.493 e. The number of carboxylic acids is 1. The van der Waals surface area contributed by atoms with Gasteiger partial charge in [0.05, 0.1) is 13.2 Å². The van der Waals surface area contributed by atoms with E-state index < -0.39 is 24.4 Å². The molecule has 1 amide bonds. The lowest BCUT2D eigenvalue weighted by atomic mass is 9.94. The fourth-order valence-corrected chi connectivity index (χ4v) is 4.34. The van der Waals surface area contributed by atoms with Crippen LogP contribution in [0.3, 0.4) is 0 Å². The highest BCUT2D eigenvalue weighted by Gasteiger charge is 2.36. The van der Waals surface area contributed by atoms with Gasteiger partial charge in [0.1, 0.15) is 30.4 Å². The molecule has 3 aromatic rings. The predicted octanol–water partition coefficient (Wildman–Crippen LogP) is 5.19. The maximum atomic E-state index is 12.8. The van der Waals surface area contributed by atoms with E-state index in [2.05, 4.69) is 0 Å². The van der Waals surface area contributed by atoms with E-state index in [0.717, 1.165) is 22.3 Å². The minimum absolute atomic E-state index is 0.0747. The van der Waals surface area contributed by atoms with Crippen molar-refractivity contribution in [1.29, 1.82) is 0 Å². The molecule has 2 aliphatic heterocycles. The summed E-state index contributed by atoms with van der Waals surface area (Å²) in [6.45, 7) is 0.569. The Balaban J connectivity index is 1.17. The van der Waals surface area contributed by atoms with Gasteiger partial charge in [-0.05, 0) is 28.8 Å². The number of carbonyl (C=O) groups is 2. The Labute approximate surface area is 214 Å². The van der Waals surface area contributed by atoms with Crippen LogP contribution in [0, 0.1) is 0 Å². The van der Waals surface area contributed by atoms with Gasteiger partial charge < -0.3 is 24.1 Å². The molecular weight excluding hydrogens is 474 g/mol. The standard InChI is InChI=1S/C29H27NO7/c31-27(32)26-16-22-11-12-24(34-14-13-25-19-35-28(37-25)21-9-5-2-6-10-21)15-23(22)17-30(26)29(33)36-18-20-7-3-1-4-8-20/h1-12,15,19,26,28H,13-14,16-18H2,(H,31,32). The van der Waals surface area contributed by atoms with Gasteiger partial charge in [0.25, 0.3) is 6.29 Å². The Morgan fingerprint density at radius 1 is 0.973 bits per heavy atom. The molecule has 2 atom stereocenters. The zero-order valence-electron chi connectivity index (χ0n) is 20.1. The maximum absolute atomic E-state index is 12.8. The quantitative estimate of drug-likeness (QED) is 0.454. The fourth-order valence-electron chi connectivity index (χ4n) is 4.34. The van der Waals surface area contributed by atoms with Crippen molar-refractivity contribution >= 4 is 12.1 Å². The second kappa shape index (κ2) is 11.1. The fraction of sp³-hybridized carbons (Fsp3) is 0.241. The highest BCUT2D eigenvalue weighted by molar-refractivity contribution is 5.81. The van der Waals surface area contributed by atoms with E-state index in [9.17, 15) is 14.7 Å². The molecule has 0 spiro atoms. The van der Waals surface area contributed by atoms with E-state index in [-0.39, 0.29) is 19.6 Å². The third-order valence-electron chi connectivity index (χ3n) is 6.30. The highest BCUT2D eigenvalue weighted by atomic mass is 16.7. The Hall–Kier alpha value is -4.46. The van der Waals surface area contributed by atoms with Crippen LogP contribution in [-0.4, -0.2) is 34.7 Å². The van der Waals surface area contributed by atoms with Crippen LogP contribution >= 0.6 is 0 Å². The molecule has 5 rings (SSSR count). The van der Waals surface area contributed by atoms with Crippen LogP contribution in [0.5, 0.6) is 5.75 Å². The molecule has 190 valence electrons. The van der Waals surface area contributed by atoms with Crippen LogP contribution in [0.25, 0.3) is 0 Å². The van der Waals surface area contributed by atoms with Crippen molar-refractivity contribution < 1.29 is 33.6 Å². The van der Waals surface area contributed by atoms with Crippen LogP contribution in [0.4, 0.5) is 4.79 Å². The molecule has 0 fully saturated rings. The number of fused-ring (bicyclic) bond motifs is 1. The summed E-state index contributed by atoms with van der Waals surface area (Å²) in [6, 6.07) is 23.5. The summed E-state index contributed by atoms with van der Waals surface area (Å²) in [7, 11) is 0. The molecule has 2 unspecified atom stereocenters. The van der Waals surface area contributed by atoms with Crippen molar-refractivity contribution in [2.75, 3.05) is 6.61 Å². The minimum atomic E-state index is -1.07. The van der Waals surface area contributed by atoms with Gasteiger partial charge in [-0.2, -0.15) is 0 Å². The third-order valence-corrected chi connectivity index (χ3v) is 6.30. The molecule has 0 aliphatic carbocycles. The zero-order valence-corrected chi connectivity index (χ0v) is 20.1. The number of ether oxygens (including phenoxy) is 4. The van der Waals surface area contributed by atoms with E-state index in [4.69, 9.17) is 18.9 Å². The normalized spacial score (nSPS) is 18.2. The highest BCUT2D eigenvalue weighted by Crippen LogP contribution is 2.31. The summed E-state index contributed by atoms with van der Waals surface area (Å²) in [5.74, 6) is 0.260. The second-order valence-corrected chi connectivity index (χ2v) is 8.84. The third kappa shape index (κ3) is 5.86. The predicted molar refractivity (Wildman–Crippen MR) is 133 cm³/mol. The average Bonchev–Trinajstić information content (AvgIpc) is 3.41. The molecule has 0 aromatic heterocycles. The number of carbonyl (C=O) groups excluding carboxylic acids is 1. The van der Waals surface area contributed by atoms with Crippen LogP contribution in [0.2, 0.25) is 0 Å². The average molecular weight is 502 g/mol. The Morgan fingerprint density at radius 3 is 2.49 bits per heavy atom. The number of aliphatic carboxylic acids is 1. The minimum Gasteiger partial charge on any atom is -0.493 e. The van der Waals surface area contributed by atoms with Gasteiger partial charge in [0.2, 0.25) is 0 Å². The molecule has 0 saturated carbocycles. The first-order chi connectivity index (χ1) is 18.1. The van der Waals surface area contributed by atoms with Crippen LogP contribution < -0.4 is 4.74 Å². The van der Waals surface area contributed by atoms with E-state index >= 15 is 0 Å². The van der Waals surface area contributed by atoms with Gasteiger partial charge in [-0.3, -0.25) is 4.90 Å². The van der Waals surface area contributed by atoms with Crippen molar-refractivity contribution in [3.05, 3.63) is 113 Å². The summed E-state index contributed by atoms with van der Waals surface area (Å²) >= 11 is 0. The van der Waals surface area contributed by atoms with Gasteiger partial charge >= 0.3 is 12.1 Å². The van der Waals surface area contributed by atoms with E-state index in [1.807, 2.05) is 78.9 Å². The topological polar surface area (TPSA) is 94.5 Å². The maximum Gasteiger partial charge on any atom is 0.411 e.